The van der Waals surface area contributed by atoms with Crippen LogP contribution in [0.2, 0.25) is 0 Å². The fraction of sp³-hybridized carbons (Fsp3) is 0.250. The van der Waals surface area contributed by atoms with E-state index in [9.17, 15) is 0 Å². The number of phenolic OH excluding ortho intramolecular Hbond substituents is 1. The van der Waals surface area contributed by atoms with Crippen LogP contribution in [-0.2, 0) is 6.42 Å². The molecule has 0 aliphatic heterocycles. The van der Waals surface area contributed by atoms with Crippen molar-refractivity contribution in [3.63, 3.8) is 0 Å². The molecule has 0 unspecified atom stereocenters. The smallest absolute Gasteiger partial charge is 0.122 e. The van der Waals surface area contributed by atoms with E-state index in [2.05, 4.69) is 6.07 Å². The van der Waals surface area contributed by atoms with Crippen LogP contribution in [0.3, 0.4) is 0 Å². The molecule has 2 rings (SSSR count). The standard InChI is InChI=1S/C16H18O3/c1-18-16-7-3-2-5-13(16)6-4-12-19-15-10-8-14(17)9-11-15/h2-3,5,7-11,17H,4,6,12H2,1H3. The van der Waals surface area contributed by atoms with Gasteiger partial charge in [-0.05, 0) is 48.7 Å². The van der Waals surface area contributed by atoms with E-state index >= 15 is 0 Å². The third-order valence-electron chi connectivity index (χ3n) is 2.89. The molecule has 19 heavy (non-hydrogen) atoms. The number of para-hydroxylation sites is 1. The molecule has 1 N–H and O–H groups in total. The van der Waals surface area contributed by atoms with E-state index in [0.29, 0.717) is 6.61 Å². The Morgan fingerprint density at radius 2 is 1.74 bits per heavy atom. The molecule has 0 aromatic heterocycles. The number of hydrogen-bond acceptors (Lipinski definition) is 3. The summed E-state index contributed by atoms with van der Waals surface area (Å²) >= 11 is 0. The van der Waals surface area contributed by atoms with E-state index in [1.165, 1.54) is 5.56 Å². The molecule has 0 atom stereocenters. The Hall–Kier alpha value is -2.16. The van der Waals surface area contributed by atoms with E-state index in [0.717, 1.165) is 24.3 Å². The minimum Gasteiger partial charge on any atom is -0.508 e. The summed E-state index contributed by atoms with van der Waals surface area (Å²) in [5.41, 5.74) is 1.19. The highest BCUT2D eigenvalue weighted by Gasteiger charge is 2.01. The van der Waals surface area contributed by atoms with Gasteiger partial charge in [0.2, 0.25) is 0 Å². The number of aromatic hydroxyl groups is 1. The van der Waals surface area contributed by atoms with Crippen molar-refractivity contribution in [2.45, 2.75) is 12.8 Å². The number of benzene rings is 2. The predicted molar refractivity (Wildman–Crippen MR) is 74.9 cm³/mol. The lowest BCUT2D eigenvalue weighted by atomic mass is 10.1. The maximum Gasteiger partial charge on any atom is 0.122 e. The molecule has 3 heteroatoms. The van der Waals surface area contributed by atoms with E-state index in [1.54, 1.807) is 31.4 Å². The van der Waals surface area contributed by atoms with Crippen LogP contribution in [0.1, 0.15) is 12.0 Å². The molecule has 2 aromatic carbocycles. The Morgan fingerprint density at radius 1 is 1.00 bits per heavy atom. The first kappa shape index (κ1) is 13.3. The zero-order chi connectivity index (χ0) is 13.5. The van der Waals surface area contributed by atoms with Gasteiger partial charge in [0.25, 0.3) is 0 Å². The molecule has 0 amide bonds. The van der Waals surface area contributed by atoms with Crippen molar-refractivity contribution >= 4 is 0 Å². The maximum absolute atomic E-state index is 9.17. The molecule has 100 valence electrons. The molecule has 0 bridgehead atoms. The molecule has 0 saturated carbocycles. The van der Waals surface area contributed by atoms with Gasteiger partial charge in [0, 0.05) is 0 Å². The van der Waals surface area contributed by atoms with Crippen molar-refractivity contribution in [2.24, 2.45) is 0 Å². The molecule has 0 radical (unpaired) electrons. The summed E-state index contributed by atoms with van der Waals surface area (Å²) in [6.07, 6.45) is 1.84. The van der Waals surface area contributed by atoms with Crippen molar-refractivity contribution in [1.29, 1.82) is 0 Å². The number of methoxy groups -OCH3 is 1. The van der Waals surface area contributed by atoms with Crippen molar-refractivity contribution in [3.8, 4) is 17.2 Å². The Morgan fingerprint density at radius 3 is 2.47 bits per heavy atom. The molecule has 0 spiro atoms. The van der Waals surface area contributed by atoms with Gasteiger partial charge in [-0.15, -0.1) is 0 Å². The van der Waals surface area contributed by atoms with Crippen molar-refractivity contribution < 1.29 is 14.6 Å². The van der Waals surface area contributed by atoms with Gasteiger partial charge in [0.05, 0.1) is 13.7 Å². The van der Waals surface area contributed by atoms with Crippen LogP contribution in [0.5, 0.6) is 17.2 Å². The highest BCUT2D eigenvalue weighted by molar-refractivity contribution is 5.33. The molecular formula is C16H18O3. The number of rotatable bonds is 6. The van der Waals surface area contributed by atoms with Gasteiger partial charge in [-0.1, -0.05) is 18.2 Å². The quantitative estimate of drug-likeness (QED) is 0.807. The first-order chi connectivity index (χ1) is 9.29. The monoisotopic (exact) mass is 258 g/mol. The van der Waals surface area contributed by atoms with Gasteiger partial charge in [0.15, 0.2) is 0 Å². The molecule has 0 aliphatic carbocycles. The summed E-state index contributed by atoms with van der Waals surface area (Å²) in [7, 11) is 1.69. The predicted octanol–water partition coefficient (Wildman–Crippen LogP) is 3.41. The van der Waals surface area contributed by atoms with Crippen LogP contribution in [0.15, 0.2) is 48.5 Å². The summed E-state index contributed by atoms with van der Waals surface area (Å²) in [6, 6.07) is 14.8. The van der Waals surface area contributed by atoms with Crippen LogP contribution in [0, 0.1) is 0 Å². The lowest BCUT2D eigenvalue weighted by Gasteiger charge is -2.09. The fourth-order valence-electron chi connectivity index (χ4n) is 1.90. The average molecular weight is 258 g/mol. The van der Waals surface area contributed by atoms with E-state index in [-0.39, 0.29) is 5.75 Å². The largest absolute Gasteiger partial charge is 0.508 e. The number of ether oxygens (including phenoxy) is 2. The van der Waals surface area contributed by atoms with E-state index in [4.69, 9.17) is 14.6 Å². The van der Waals surface area contributed by atoms with Crippen molar-refractivity contribution in [2.75, 3.05) is 13.7 Å². The second-order valence-corrected chi connectivity index (χ2v) is 4.26. The normalized spacial score (nSPS) is 10.2. The minimum absolute atomic E-state index is 0.251. The van der Waals surface area contributed by atoms with Gasteiger partial charge in [-0.3, -0.25) is 0 Å². The van der Waals surface area contributed by atoms with Gasteiger partial charge in [-0.2, -0.15) is 0 Å². The zero-order valence-corrected chi connectivity index (χ0v) is 11.0. The Bertz CT molecular complexity index is 506. The van der Waals surface area contributed by atoms with Crippen LogP contribution in [0.25, 0.3) is 0 Å². The van der Waals surface area contributed by atoms with E-state index in [1.807, 2.05) is 18.2 Å². The van der Waals surface area contributed by atoms with Crippen molar-refractivity contribution in [1.82, 2.24) is 0 Å². The lowest BCUT2D eigenvalue weighted by molar-refractivity contribution is 0.309. The van der Waals surface area contributed by atoms with Gasteiger partial charge in [0.1, 0.15) is 17.2 Å². The highest BCUT2D eigenvalue weighted by atomic mass is 16.5. The highest BCUT2D eigenvalue weighted by Crippen LogP contribution is 2.19. The Labute approximate surface area is 113 Å². The third kappa shape index (κ3) is 3.91. The first-order valence-electron chi connectivity index (χ1n) is 6.33. The molecular weight excluding hydrogens is 240 g/mol. The van der Waals surface area contributed by atoms with Crippen LogP contribution < -0.4 is 9.47 Å². The second-order valence-electron chi connectivity index (χ2n) is 4.26. The topological polar surface area (TPSA) is 38.7 Å². The molecule has 0 fully saturated rings. The SMILES string of the molecule is COc1ccccc1CCCOc1ccc(O)cc1. The summed E-state index contributed by atoms with van der Waals surface area (Å²) in [5.74, 6) is 1.95. The summed E-state index contributed by atoms with van der Waals surface area (Å²) in [5, 5.41) is 9.17. The molecule has 0 heterocycles. The first-order valence-corrected chi connectivity index (χ1v) is 6.33. The van der Waals surface area contributed by atoms with Gasteiger partial charge >= 0.3 is 0 Å². The number of phenols is 1. The van der Waals surface area contributed by atoms with Crippen LogP contribution in [0.4, 0.5) is 0 Å². The summed E-state index contributed by atoms with van der Waals surface area (Å²) < 4.78 is 10.9. The zero-order valence-electron chi connectivity index (χ0n) is 11.0. The van der Waals surface area contributed by atoms with Crippen molar-refractivity contribution in [3.05, 3.63) is 54.1 Å². The van der Waals surface area contributed by atoms with Crippen LogP contribution >= 0.6 is 0 Å². The summed E-state index contributed by atoms with van der Waals surface area (Å²) in [4.78, 5) is 0. The number of aryl methyl sites for hydroxylation is 1. The Balaban J connectivity index is 1.79. The summed E-state index contributed by atoms with van der Waals surface area (Å²) in [6.45, 7) is 0.642. The molecule has 2 aromatic rings. The van der Waals surface area contributed by atoms with Crippen LogP contribution in [-0.4, -0.2) is 18.8 Å². The lowest BCUT2D eigenvalue weighted by Crippen LogP contribution is -2.00. The van der Waals surface area contributed by atoms with E-state index < -0.39 is 0 Å². The second kappa shape index (κ2) is 6.69. The molecule has 0 aliphatic rings. The van der Waals surface area contributed by atoms with Gasteiger partial charge in [-0.25, -0.2) is 0 Å². The Kier molecular flexibility index (Phi) is 4.67. The molecule has 0 saturated heterocycles. The number of hydrogen-bond donors (Lipinski definition) is 1. The maximum atomic E-state index is 9.17. The minimum atomic E-state index is 0.251. The average Bonchev–Trinajstić information content (AvgIpc) is 2.46. The van der Waals surface area contributed by atoms with Gasteiger partial charge < -0.3 is 14.6 Å². The third-order valence-corrected chi connectivity index (χ3v) is 2.89. The fourth-order valence-corrected chi connectivity index (χ4v) is 1.90. The molecule has 3 nitrogen and oxygen atoms in total.